The highest BCUT2D eigenvalue weighted by atomic mass is 16.4. The Hall–Kier alpha value is -2.38. The molecule has 1 aromatic heterocycles. The second-order valence-corrected chi connectivity index (χ2v) is 5.81. The molecule has 0 bridgehead atoms. The molecule has 5 N–H and O–H groups in total. The highest BCUT2D eigenvalue weighted by Gasteiger charge is 2.31. The Kier molecular flexibility index (Phi) is 4.31. The number of aromatic nitrogens is 1. The van der Waals surface area contributed by atoms with Crippen molar-refractivity contribution in [2.75, 3.05) is 6.54 Å². The van der Waals surface area contributed by atoms with Crippen LogP contribution < -0.4 is 10.6 Å². The molecule has 122 valence electrons. The maximum Gasteiger partial charge on any atom is 0.326 e. The third-order valence-electron chi connectivity index (χ3n) is 4.14. The lowest BCUT2D eigenvalue weighted by Crippen LogP contribution is -2.49. The van der Waals surface area contributed by atoms with Crippen LogP contribution in [0.1, 0.15) is 12.0 Å². The molecule has 3 atom stereocenters. The number of aromatic amines is 1. The summed E-state index contributed by atoms with van der Waals surface area (Å²) in [6.45, 7) is 0.346. The number of fused-ring (bicyclic) bond motifs is 1. The second-order valence-electron chi connectivity index (χ2n) is 5.81. The summed E-state index contributed by atoms with van der Waals surface area (Å²) >= 11 is 0. The summed E-state index contributed by atoms with van der Waals surface area (Å²) < 4.78 is 0. The number of para-hydroxylation sites is 1. The Labute approximate surface area is 132 Å². The molecule has 1 saturated heterocycles. The number of hydrogen-bond acceptors (Lipinski definition) is 4. The van der Waals surface area contributed by atoms with E-state index in [2.05, 4.69) is 15.6 Å². The molecule has 23 heavy (non-hydrogen) atoms. The number of amides is 1. The van der Waals surface area contributed by atoms with Crippen molar-refractivity contribution in [1.82, 2.24) is 15.6 Å². The molecule has 1 fully saturated rings. The molecule has 0 saturated carbocycles. The maximum atomic E-state index is 12.1. The van der Waals surface area contributed by atoms with Gasteiger partial charge in [0.15, 0.2) is 0 Å². The van der Waals surface area contributed by atoms with Gasteiger partial charge in [0.1, 0.15) is 6.04 Å². The van der Waals surface area contributed by atoms with Crippen LogP contribution in [0.5, 0.6) is 0 Å². The van der Waals surface area contributed by atoms with Crippen LogP contribution >= 0.6 is 0 Å². The van der Waals surface area contributed by atoms with Crippen LogP contribution in [0, 0.1) is 0 Å². The van der Waals surface area contributed by atoms with E-state index in [1.165, 1.54) is 0 Å². The summed E-state index contributed by atoms with van der Waals surface area (Å²) in [5.74, 6) is -1.48. The van der Waals surface area contributed by atoms with Crippen molar-refractivity contribution < 1.29 is 19.8 Å². The molecule has 0 aliphatic carbocycles. The molecule has 1 aliphatic heterocycles. The fourth-order valence-corrected chi connectivity index (χ4v) is 2.91. The number of aliphatic hydroxyl groups is 1. The minimum atomic E-state index is -1.08. The average Bonchev–Trinajstić information content (AvgIpc) is 3.13. The molecule has 0 radical (unpaired) electrons. The zero-order valence-electron chi connectivity index (χ0n) is 12.5. The number of β-amino-alcohol motifs (C(OH)–C–C–N with tert-alkyl or cyclic N) is 1. The molecule has 0 spiro atoms. The minimum Gasteiger partial charge on any atom is -0.480 e. The van der Waals surface area contributed by atoms with Gasteiger partial charge < -0.3 is 25.8 Å². The number of carboxylic acid groups (broad SMARTS) is 1. The van der Waals surface area contributed by atoms with Crippen LogP contribution in [-0.2, 0) is 16.0 Å². The number of carboxylic acids is 1. The zero-order valence-corrected chi connectivity index (χ0v) is 12.5. The van der Waals surface area contributed by atoms with Crippen LogP contribution in [0.4, 0.5) is 0 Å². The fraction of sp³-hybridized carbons (Fsp3) is 0.375. The van der Waals surface area contributed by atoms with Crippen molar-refractivity contribution in [2.45, 2.75) is 31.0 Å². The zero-order chi connectivity index (χ0) is 16.4. The molecule has 3 unspecified atom stereocenters. The topological polar surface area (TPSA) is 114 Å². The largest absolute Gasteiger partial charge is 0.480 e. The first-order valence-corrected chi connectivity index (χ1v) is 7.54. The fourth-order valence-electron chi connectivity index (χ4n) is 2.91. The second kappa shape index (κ2) is 6.39. The smallest absolute Gasteiger partial charge is 0.326 e. The number of hydrogen-bond donors (Lipinski definition) is 5. The number of nitrogens with one attached hydrogen (secondary N) is 3. The molecular weight excluding hydrogens is 298 g/mol. The summed E-state index contributed by atoms with van der Waals surface area (Å²) in [6.07, 6.45) is 1.69. The van der Waals surface area contributed by atoms with Crippen molar-refractivity contribution in [3.8, 4) is 0 Å². The Morgan fingerprint density at radius 2 is 2.13 bits per heavy atom. The number of aliphatic hydroxyl groups excluding tert-OH is 1. The first-order chi connectivity index (χ1) is 11.0. The molecule has 3 rings (SSSR count). The van der Waals surface area contributed by atoms with Gasteiger partial charge in [-0.15, -0.1) is 0 Å². The lowest BCUT2D eigenvalue weighted by molar-refractivity contribution is -0.142. The Balaban J connectivity index is 1.72. The third-order valence-corrected chi connectivity index (χ3v) is 4.14. The van der Waals surface area contributed by atoms with Crippen LogP contribution in [0.3, 0.4) is 0 Å². The van der Waals surface area contributed by atoms with Crippen molar-refractivity contribution in [1.29, 1.82) is 0 Å². The Morgan fingerprint density at radius 3 is 2.83 bits per heavy atom. The standard InChI is InChI=1S/C16H19N3O4/c20-10-6-13(18-8-10)15(21)19-14(16(22)23)5-9-7-17-12-4-2-1-3-11(9)12/h1-4,7,10,13-14,17-18,20H,5-6,8H2,(H,19,21)(H,22,23). The van der Waals surface area contributed by atoms with Gasteiger partial charge in [-0.3, -0.25) is 4.79 Å². The van der Waals surface area contributed by atoms with E-state index in [-0.39, 0.29) is 6.42 Å². The number of carbonyl (C=O) groups is 2. The first-order valence-electron chi connectivity index (χ1n) is 7.54. The van der Waals surface area contributed by atoms with Crippen molar-refractivity contribution in [3.05, 3.63) is 36.0 Å². The third kappa shape index (κ3) is 3.35. The quantitative estimate of drug-likeness (QED) is 0.533. The molecule has 2 aromatic rings. The summed E-state index contributed by atoms with van der Waals surface area (Å²) in [6, 6.07) is 6.05. The molecule has 2 heterocycles. The van der Waals surface area contributed by atoms with E-state index in [1.807, 2.05) is 24.3 Å². The van der Waals surface area contributed by atoms with E-state index in [1.54, 1.807) is 6.20 Å². The van der Waals surface area contributed by atoms with Crippen LogP contribution in [-0.4, -0.2) is 51.8 Å². The SMILES string of the molecule is O=C(O)C(Cc1c[nH]c2ccccc12)NC(=O)C1CC(O)CN1. The van der Waals surface area contributed by atoms with E-state index in [9.17, 15) is 19.8 Å². The molecule has 1 aromatic carbocycles. The van der Waals surface area contributed by atoms with Gasteiger partial charge in [0, 0.05) is 30.1 Å². The van der Waals surface area contributed by atoms with Gasteiger partial charge in [0.2, 0.25) is 5.91 Å². The summed E-state index contributed by atoms with van der Waals surface area (Å²) in [5, 5.41) is 25.2. The van der Waals surface area contributed by atoms with Gasteiger partial charge in [-0.2, -0.15) is 0 Å². The Morgan fingerprint density at radius 1 is 1.35 bits per heavy atom. The Bertz CT molecular complexity index is 727. The number of benzene rings is 1. The number of aliphatic carboxylic acids is 1. The van der Waals surface area contributed by atoms with Crippen molar-refractivity contribution in [3.63, 3.8) is 0 Å². The van der Waals surface area contributed by atoms with Crippen molar-refractivity contribution in [2.24, 2.45) is 0 Å². The average molecular weight is 317 g/mol. The predicted molar refractivity (Wildman–Crippen MR) is 84.0 cm³/mol. The normalized spacial score (nSPS) is 22.1. The lowest BCUT2D eigenvalue weighted by atomic mass is 10.0. The van der Waals surface area contributed by atoms with Crippen LogP contribution in [0.15, 0.2) is 30.5 Å². The number of carbonyl (C=O) groups excluding carboxylic acids is 1. The summed E-state index contributed by atoms with van der Waals surface area (Å²) in [4.78, 5) is 26.7. The molecule has 7 nitrogen and oxygen atoms in total. The van der Waals surface area contributed by atoms with Crippen molar-refractivity contribution >= 4 is 22.8 Å². The van der Waals surface area contributed by atoms with Gasteiger partial charge in [-0.25, -0.2) is 4.79 Å². The predicted octanol–water partition coefficient (Wildman–Crippen LogP) is 0.00260. The molecule has 1 aliphatic rings. The monoisotopic (exact) mass is 317 g/mol. The van der Waals surface area contributed by atoms with Crippen LogP contribution in [0.2, 0.25) is 0 Å². The van der Waals surface area contributed by atoms with E-state index in [0.717, 1.165) is 16.5 Å². The highest BCUT2D eigenvalue weighted by Crippen LogP contribution is 2.19. The maximum absolute atomic E-state index is 12.1. The minimum absolute atomic E-state index is 0.195. The molecule has 1 amide bonds. The summed E-state index contributed by atoms with van der Waals surface area (Å²) in [5.41, 5.74) is 1.77. The number of H-pyrrole nitrogens is 1. The highest BCUT2D eigenvalue weighted by molar-refractivity contribution is 5.88. The van der Waals surface area contributed by atoms with E-state index in [0.29, 0.717) is 13.0 Å². The van der Waals surface area contributed by atoms with Crippen LogP contribution in [0.25, 0.3) is 10.9 Å². The van der Waals surface area contributed by atoms with E-state index in [4.69, 9.17) is 0 Å². The van der Waals surface area contributed by atoms with Gasteiger partial charge in [-0.05, 0) is 18.1 Å². The van der Waals surface area contributed by atoms with E-state index < -0.39 is 30.1 Å². The number of rotatable bonds is 5. The summed E-state index contributed by atoms with van der Waals surface area (Å²) in [7, 11) is 0. The van der Waals surface area contributed by atoms with Gasteiger partial charge >= 0.3 is 5.97 Å². The lowest BCUT2D eigenvalue weighted by Gasteiger charge is -2.17. The van der Waals surface area contributed by atoms with E-state index >= 15 is 0 Å². The van der Waals surface area contributed by atoms with Gasteiger partial charge in [0.25, 0.3) is 0 Å². The van der Waals surface area contributed by atoms with Gasteiger partial charge in [0.05, 0.1) is 12.1 Å². The van der Waals surface area contributed by atoms with Gasteiger partial charge in [-0.1, -0.05) is 18.2 Å². The molecule has 7 heteroatoms. The molecular formula is C16H19N3O4. The first kappa shape index (κ1) is 15.5.